The zero-order valence-corrected chi connectivity index (χ0v) is 12.5. The van der Waals surface area contributed by atoms with E-state index in [4.69, 9.17) is 5.11 Å². The van der Waals surface area contributed by atoms with Crippen LogP contribution in [0.5, 0.6) is 0 Å². The first-order valence-electron chi connectivity index (χ1n) is 6.97. The van der Waals surface area contributed by atoms with E-state index in [0.29, 0.717) is 24.2 Å². The summed E-state index contributed by atoms with van der Waals surface area (Å²) in [4.78, 5) is 30.9. The quantitative estimate of drug-likeness (QED) is 0.735. The molecule has 0 aliphatic heterocycles. The highest BCUT2D eigenvalue weighted by molar-refractivity contribution is 5.91. The molecule has 2 rings (SSSR count). The topological polar surface area (TPSA) is 104 Å². The van der Waals surface area contributed by atoms with Crippen molar-refractivity contribution in [3.8, 4) is 0 Å². The first-order chi connectivity index (χ1) is 10.5. The summed E-state index contributed by atoms with van der Waals surface area (Å²) in [6.45, 7) is 4.10. The number of hydrogen-bond donors (Lipinski definition) is 3. The van der Waals surface area contributed by atoms with Gasteiger partial charge in [0.05, 0.1) is 22.4 Å². The number of aromatic nitrogens is 2. The number of carboxylic acids is 1. The lowest BCUT2D eigenvalue weighted by molar-refractivity contribution is -0.137. The van der Waals surface area contributed by atoms with E-state index in [0.717, 1.165) is 16.9 Å². The van der Waals surface area contributed by atoms with Crippen molar-refractivity contribution in [3.05, 3.63) is 29.6 Å². The molecule has 3 N–H and O–H groups in total. The minimum absolute atomic E-state index is 0.0322. The number of nitrogens with one attached hydrogen (secondary N) is 2. The van der Waals surface area contributed by atoms with Crippen molar-refractivity contribution in [3.63, 3.8) is 0 Å². The van der Waals surface area contributed by atoms with Gasteiger partial charge in [-0.25, -0.2) is 14.8 Å². The molecule has 1 aromatic carbocycles. The van der Waals surface area contributed by atoms with Crippen molar-refractivity contribution >= 4 is 28.7 Å². The van der Waals surface area contributed by atoms with Crippen LogP contribution in [0.2, 0.25) is 0 Å². The number of carbonyl (C=O) groups excluding carboxylic acids is 1. The third-order valence-electron chi connectivity index (χ3n) is 3.19. The van der Waals surface area contributed by atoms with Crippen LogP contribution in [-0.4, -0.2) is 33.6 Å². The summed E-state index contributed by atoms with van der Waals surface area (Å²) < 4.78 is 0. The molecule has 0 spiro atoms. The fourth-order valence-electron chi connectivity index (χ4n) is 1.93. The number of amides is 2. The van der Waals surface area contributed by atoms with Gasteiger partial charge in [-0.05, 0) is 38.5 Å². The second kappa shape index (κ2) is 6.84. The Morgan fingerprint density at radius 2 is 1.82 bits per heavy atom. The van der Waals surface area contributed by atoms with E-state index >= 15 is 0 Å². The Morgan fingerprint density at radius 1 is 1.14 bits per heavy atom. The number of carboxylic acid groups (broad SMARTS) is 1. The highest BCUT2D eigenvalue weighted by Crippen LogP contribution is 2.17. The predicted octanol–water partition coefficient (Wildman–Crippen LogP) is 2.23. The van der Waals surface area contributed by atoms with Crippen molar-refractivity contribution in [1.29, 1.82) is 0 Å². The Morgan fingerprint density at radius 3 is 2.50 bits per heavy atom. The van der Waals surface area contributed by atoms with E-state index in [1.807, 2.05) is 13.8 Å². The van der Waals surface area contributed by atoms with Crippen LogP contribution >= 0.6 is 0 Å². The maximum atomic E-state index is 11.7. The molecule has 0 bridgehead atoms. The third-order valence-corrected chi connectivity index (χ3v) is 3.19. The molecule has 1 aromatic heterocycles. The van der Waals surface area contributed by atoms with Gasteiger partial charge in [-0.15, -0.1) is 0 Å². The first kappa shape index (κ1) is 15.7. The summed E-state index contributed by atoms with van der Waals surface area (Å²) in [7, 11) is 0. The van der Waals surface area contributed by atoms with Crippen molar-refractivity contribution < 1.29 is 14.7 Å². The summed E-state index contributed by atoms with van der Waals surface area (Å²) in [6, 6.07) is 4.93. The van der Waals surface area contributed by atoms with Crippen LogP contribution < -0.4 is 10.6 Å². The van der Waals surface area contributed by atoms with Crippen molar-refractivity contribution in [2.45, 2.75) is 26.7 Å². The fraction of sp³-hybridized carbons (Fsp3) is 0.333. The van der Waals surface area contributed by atoms with Gasteiger partial charge < -0.3 is 15.7 Å². The number of aryl methyl sites for hydroxylation is 2. The Labute approximate surface area is 127 Å². The molecule has 0 atom stereocenters. The average Bonchev–Trinajstić information content (AvgIpc) is 2.45. The molecule has 7 nitrogen and oxygen atoms in total. The number of urea groups is 1. The number of anilines is 1. The SMILES string of the molecule is Cc1nc2ccc(NC(=O)NCCCC(=O)O)cc2nc1C. The number of aliphatic carboxylic acids is 1. The summed E-state index contributed by atoms with van der Waals surface area (Å²) in [5.41, 5.74) is 3.83. The second-order valence-electron chi connectivity index (χ2n) is 4.98. The number of rotatable bonds is 5. The van der Waals surface area contributed by atoms with Crippen LogP contribution in [0.3, 0.4) is 0 Å². The summed E-state index contributed by atoms with van der Waals surface area (Å²) >= 11 is 0. The average molecular weight is 302 g/mol. The van der Waals surface area contributed by atoms with Gasteiger partial charge in [0, 0.05) is 18.7 Å². The first-order valence-corrected chi connectivity index (χ1v) is 6.97. The summed E-state index contributed by atoms with van der Waals surface area (Å²) in [6.07, 6.45) is 0.425. The van der Waals surface area contributed by atoms with E-state index in [1.165, 1.54) is 0 Å². The number of carbonyl (C=O) groups is 2. The number of benzene rings is 1. The molecule has 22 heavy (non-hydrogen) atoms. The number of hydrogen-bond acceptors (Lipinski definition) is 4. The molecule has 0 saturated heterocycles. The van der Waals surface area contributed by atoms with Crippen LogP contribution in [0.1, 0.15) is 24.2 Å². The zero-order chi connectivity index (χ0) is 16.1. The summed E-state index contributed by atoms with van der Waals surface area (Å²) in [5, 5.41) is 13.8. The fourth-order valence-corrected chi connectivity index (χ4v) is 1.93. The van der Waals surface area contributed by atoms with Gasteiger partial charge in [0.2, 0.25) is 0 Å². The highest BCUT2D eigenvalue weighted by Gasteiger charge is 2.05. The lowest BCUT2D eigenvalue weighted by Crippen LogP contribution is -2.29. The van der Waals surface area contributed by atoms with E-state index < -0.39 is 5.97 Å². The standard InChI is InChI=1S/C15H18N4O3/c1-9-10(2)18-13-8-11(5-6-12(13)17-9)19-15(22)16-7-3-4-14(20)21/h5-6,8H,3-4,7H2,1-2H3,(H,20,21)(H2,16,19,22). The molecule has 0 unspecified atom stereocenters. The third kappa shape index (κ3) is 4.15. The molecular formula is C15H18N4O3. The van der Waals surface area contributed by atoms with Gasteiger partial charge in [-0.1, -0.05) is 0 Å². The Kier molecular flexibility index (Phi) is 4.88. The van der Waals surface area contributed by atoms with Gasteiger partial charge in [0.25, 0.3) is 0 Å². The predicted molar refractivity (Wildman–Crippen MR) is 82.9 cm³/mol. The Bertz CT molecular complexity index is 715. The van der Waals surface area contributed by atoms with E-state index in [1.54, 1.807) is 18.2 Å². The summed E-state index contributed by atoms with van der Waals surface area (Å²) in [5.74, 6) is -0.874. The van der Waals surface area contributed by atoms with Crippen LogP contribution in [0.15, 0.2) is 18.2 Å². The minimum atomic E-state index is -0.874. The number of fused-ring (bicyclic) bond motifs is 1. The molecule has 0 aliphatic rings. The lowest BCUT2D eigenvalue weighted by Gasteiger charge is -2.08. The Hall–Kier alpha value is -2.70. The Balaban J connectivity index is 1.98. The molecule has 2 amide bonds. The van der Waals surface area contributed by atoms with Crippen molar-refractivity contribution in [2.75, 3.05) is 11.9 Å². The smallest absolute Gasteiger partial charge is 0.319 e. The number of nitrogens with zero attached hydrogens (tertiary/aromatic N) is 2. The normalized spacial score (nSPS) is 10.5. The van der Waals surface area contributed by atoms with Crippen LogP contribution in [0, 0.1) is 13.8 Å². The zero-order valence-electron chi connectivity index (χ0n) is 12.5. The van der Waals surface area contributed by atoms with Crippen molar-refractivity contribution in [1.82, 2.24) is 15.3 Å². The van der Waals surface area contributed by atoms with Gasteiger partial charge in [-0.3, -0.25) is 4.79 Å². The highest BCUT2D eigenvalue weighted by atomic mass is 16.4. The van der Waals surface area contributed by atoms with Crippen molar-refractivity contribution in [2.24, 2.45) is 0 Å². The molecule has 2 aromatic rings. The molecule has 7 heteroatoms. The van der Waals surface area contributed by atoms with E-state index in [-0.39, 0.29) is 12.5 Å². The van der Waals surface area contributed by atoms with Crippen LogP contribution in [-0.2, 0) is 4.79 Å². The van der Waals surface area contributed by atoms with E-state index in [2.05, 4.69) is 20.6 Å². The van der Waals surface area contributed by atoms with Crippen LogP contribution in [0.25, 0.3) is 11.0 Å². The maximum absolute atomic E-state index is 11.7. The molecule has 0 aliphatic carbocycles. The molecule has 1 heterocycles. The van der Waals surface area contributed by atoms with Gasteiger partial charge in [0.1, 0.15) is 0 Å². The van der Waals surface area contributed by atoms with Gasteiger partial charge >= 0.3 is 12.0 Å². The van der Waals surface area contributed by atoms with Gasteiger partial charge in [0.15, 0.2) is 0 Å². The monoisotopic (exact) mass is 302 g/mol. The molecule has 0 fully saturated rings. The molecular weight excluding hydrogens is 284 g/mol. The largest absolute Gasteiger partial charge is 0.481 e. The van der Waals surface area contributed by atoms with Crippen LogP contribution in [0.4, 0.5) is 10.5 Å². The molecule has 116 valence electrons. The van der Waals surface area contributed by atoms with Gasteiger partial charge in [-0.2, -0.15) is 0 Å². The molecule has 0 saturated carbocycles. The minimum Gasteiger partial charge on any atom is -0.481 e. The molecule has 0 radical (unpaired) electrons. The lowest BCUT2D eigenvalue weighted by atomic mass is 10.2. The van der Waals surface area contributed by atoms with E-state index in [9.17, 15) is 9.59 Å². The maximum Gasteiger partial charge on any atom is 0.319 e. The second-order valence-corrected chi connectivity index (χ2v) is 4.98.